The van der Waals surface area contributed by atoms with E-state index < -0.39 is 0 Å². The number of hydrogen-bond donors (Lipinski definition) is 0. The summed E-state index contributed by atoms with van der Waals surface area (Å²) < 4.78 is 5.69. The van der Waals surface area contributed by atoms with Crippen molar-refractivity contribution in [3.8, 4) is 5.88 Å². The number of methoxy groups -OCH3 is 1. The summed E-state index contributed by atoms with van der Waals surface area (Å²) >= 11 is 3.24. The van der Waals surface area contributed by atoms with Crippen LogP contribution in [0.3, 0.4) is 0 Å². The Morgan fingerprint density at radius 1 is 1.78 bits per heavy atom. The lowest BCUT2D eigenvalue weighted by Gasteiger charge is -1.97. The predicted molar refractivity (Wildman–Crippen MR) is 37.3 cm³/mol. The molecule has 0 saturated carbocycles. The molecule has 0 spiro atoms. The van der Waals surface area contributed by atoms with Crippen LogP contribution in [0, 0.1) is 6.07 Å². The van der Waals surface area contributed by atoms with Gasteiger partial charge in [0.25, 0.3) is 0 Å². The van der Waals surface area contributed by atoms with Crippen LogP contribution in [0.4, 0.5) is 0 Å². The molecule has 0 aliphatic heterocycles. The fraction of sp³-hybridized carbons (Fsp3) is 0.167. The quantitative estimate of drug-likeness (QED) is 0.666. The molecule has 9 heavy (non-hydrogen) atoms. The zero-order valence-corrected chi connectivity index (χ0v) is 6.47. The molecule has 47 valence electrons. The monoisotopic (exact) mass is 186 g/mol. The van der Waals surface area contributed by atoms with E-state index in [1.54, 1.807) is 19.4 Å². The molecule has 0 unspecified atom stereocenters. The summed E-state index contributed by atoms with van der Waals surface area (Å²) in [4.78, 5) is 3.87. The van der Waals surface area contributed by atoms with E-state index in [0.29, 0.717) is 5.88 Å². The normalized spacial score (nSPS) is 9.11. The largest absolute Gasteiger partial charge is 0.480 e. The third-order valence-electron chi connectivity index (χ3n) is 0.864. The summed E-state index contributed by atoms with van der Waals surface area (Å²) in [7, 11) is 1.58. The zero-order valence-electron chi connectivity index (χ0n) is 4.89. The average Bonchev–Trinajstić information content (AvgIpc) is 1.89. The van der Waals surface area contributed by atoms with Gasteiger partial charge in [-0.25, -0.2) is 4.98 Å². The van der Waals surface area contributed by atoms with Gasteiger partial charge in [0.15, 0.2) is 0 Å². The van der Waals surface area contributed by atoms with E-state index in [9.17, 15) is 0 Å². The molecule has 1 radical (unpaired) electrons. The van der Waals surface area contributed by atoms with E-state index in [2.05, 4.69) is 27.0 Å². The summed E-state index contributed by atoms with van der Waals surface area (Å²) in [6.45, 7) is 0. The fourth-order valence-electron chi connectivity index (χ4n) is 0.480. The molecule has 0 amide bonds. The van der Waals surface area contributed by atoms with Crippen LogP contribution in [0.5, 0.6) is 5.88 Å². The number of ether oxygens (including phenoxy) is 1. The SMILES string of the molecule is COc1nc[c]cc1Br. The summed E-state index contributed by atoms with van der Waals surface area (Å²) in [5, 5.41) is 0. The molecule has 1 aromatic rings. The van der Waals surface area contributed by atoms with Crippen LogP contribution in [0.2, 0.25) is 0 Å². The van der Waals surface area contributed by atoms with Crippen molar-refractivity contribution in [3.63, 3.8) is 0 Å². The smallest absolute Gasteiger partial charge is 0.227 e. The van der Waals surface area contributed by atoms with Crippen molar-refractivity contribution in [3.05, 3.63) is 22.8 Å². The second-order valence-electron chi connectivity index (χ2n) is 1.43. The van der Waals surface area contributed by atoms with Gasteiger partial charge in [-0.3, -0.25) is 0 Å². The standard InChI is InChI=1S/C6H5BrNO/c1-9-6-5(7)3-2-4-8-6/h3-4H,1H3. The van der Waals surface area contributed by atoms with Crippen molar-refractivity contribution < 1.29 is 4.74 Å². The second kappa shape index (κ2) is 2.82. The third-order valence-corrected chi connectivity index (χ3v) is 1.43. The van der Waals surface area contributed by atoms with E-state index in [1.165, 1.54) is 0 Å². The molecule has 0 aromatic carbocycles. The highest BCUT2D eigenvalue weighted by Crippen LogP contribution is 2.19. The molecule has 0 saturated heterocycles. The first-order valence-electron chi connectivity index (χ1n) is 2.40. The van der Waals surface area contributed by atoms with Crippen LogP contribution in [-0.2, 0) is 0 Å². The van der Waals surface area contributed by atoms with Gasteiger partial charge in [0.1, 0.15) is 0 Å². The lowest BCUT2D eigenvalue weighted by atomic mass is 10.5. The highest BCUT2D eigenvalue weighted by molar-refractivity contribution is 9.10. The Kier molecular flexibility index (Phi) is 2.05. The van der Waals surface area contributed by atoms with Gasteiger partial charge >= 0.3 is 0 Å². The van der Waals surface area contributed by atoms with Crippen LogP contribution < -0.4 is 4.74 Å². The van der Waals surface area contributed by atoms with Crippen molar-refractivity contribution in [2.75, 3.05) is 7.11 Å². The maximum atomic E-state index is 4.87. The predicted octanol–water partition coefficient (Wildman–Crippen LogP) is 1.65. The van der Waals surface area contributed by atoms with Crippen molar-refractivity contribution in [2.24, 2.45) is 0 Å². The second-order valence-corrected chi connectivity index (χ2v) is 2.28. The van der Waals surface area contributed by atoms with Gasteiger partial charge in [0, 0.05) is 12.3 Å². The molecule has 2 nitrogen and oxygen atoms in total. The molecule has 0 aliphatic rings. The fourth-order valence-corrected chi connectivity index (χ4v) is 0.876. The molecule has 1 aromatic heterocycles. The highest BCUT2D eigenvalue weighted by Gasteiger charge is 1.95. The van der Waals surface area contributed by atoms with Gasteiger partial charge < -0.3 is 4.74 Å². The minimum atomic E-state index is 0.591. The third kappa shape index (κ3) is 1.42. The molecule has 0 bridgehead atoms. The molecule has 0 N–H and O–H groups in total. The lowest BCUT2D eigenvalue weighted by Crippen LogP contribution is -1.86. The molecule has 0 aliphatic carbocycles. The maximum absolute atomic E-state index is 4.87. The Morgan fingerprint density at radius 3 is 3.00 bits per heavy atom. The first-order valence-corrected chi connectivity index (χ1v) is 3.19. The number of pyridine rings is 1. The Hall–Kier alpha value is -0.570. The van der Waals surface area contributed by atoms with Crippen molar-refractivity contribution in [2.45, 2.75) is 0 Å². The first-order chi connectivity index (χ1) is 4.34. The van der Waals surface area contributed by atoms with Crippen molar-refractivity contribution >= 4 is 15.9 Å². The van der Waals surface area contributed by atoms with Crippen LogP contribution in [0.25, 0.3) is 0 Å². The first kappa shape index (κ1) is 6.55. The van der Waals surface area contributed by atoms with Gasteiger partial charge in [-0.05, 0) is 22.0 Å². The Labute approximate surface area is 62.0 Å². The Morgan fingerprint density at radius 2 is 2.56 bits per heavy atom. The van der Waals surface area contributed by atoms with Crippen molar-refractivity contribution in [1.29, 1.82) is 0 Å². The highest BCUT2D eigenvalue weighted by atomic mass is 79.9. The molecule has 1 heterocycles. The van der Waals surface area contributed by atoms with E-state index >= 15 is 0 Å². The van der Waals surface area contributed by atoms with Crippen molar-refractivity contribution in [1.82, 2.24) is 4.98 Å². The number of hydrogen-bond acceptors (Lipinski definition) is 2. The molecule has 0 fully saturated rings. The summed E-state index contributed by atoms with van der Waals surface area (Å²) in [5.41, 5.74) is 0. The minimum absolute atomic E-state index is 0.591. The summed E-state index contributed by atoms with van der Waals surface area (Å²) in [5.74, 6) is 0.591. The lowest BCUT2D eigenvalue weighted by molar-refractivity contribution is 0.395. The Balaban J connectivity index is 3.01. The van der Waals surface area contributed by atoms with Gasteiger partial charge in [-0.2, -0.15) is 0 Å². The van der Waals surface area contributed by atoms with E-state index in [1.807, 2.05) is 0 Å². The summed E-state index contributed by atoms with van der Waals surface area (Å²) in [6.07, 6.45) is 1.56. The number of halogens is 1. The number of rotatable bonds is 1. The molecule has 1 rings (SSSR count). The molecular formula is C6H5BrNO. The van der Waals surface area contributed by atoms with Crippen LogP contribution in [-0.4, -0.2) is 12.1 Å². The summed E-state index contributed by atoms with van der Waals surface area (Å²) in [6, 6.07) is 4.55. The molecular weight excluding hydrogens is 182 g/mol. The average molecular weight is 187 g/mol. The minimum Gasteiger partial charge on any atom is -0.480 e. The van der Waals surface area contributed by atoms with E-state index in [-0.39, 0.29) is 0 Å². The van der Waals surface area contributed by atoms with Gasteiger partial charge in [-0.15, -0.1) is 0 Å². The Bertz CT molecular complexity index is 202. The van der Waals surface area contributed by atoms with E-state index in [4.69, 9.17) is 4.74 Å². The van der Waals surface area contributed by atoms with Gasteiger partial charge in [0.2, 0.25) is 5.88 Å². The van der Waals surface area contributed by atoms with Gasteiger partial charge in [-0.1, -0.05) is 0 Å². The van der Waals surface area contributed by atoms with Gasteiger partial charge in [0.05, 0.1) is 11.6 Å². The number of aromatic nitrogens is 1. The van der Waals surface area contributed by atoms with E-state index in [0.717, 1.165) is 4.47 Å². The number of nitrogens with zero attached hydrogens (tertiary/aromatic N) is 1. The van der Waals surface area contributed by atoms with Crippen LogP contribution in [0.15, 0.2) is 16.7 Å². The maximum Gasteiger partial charge on any atom is 0.227 e. The molecule has 0 atom stereocenters. The zero-order chi connectivity index (χ0) is 6.69. The van der Waals surface area contributed by atoms with Crippen LogP contribution in [0.1, 0.15) is 0 Å². The topological polar surface area (TPSA) is 22.1 Å². The molecule has 3 heteroatoms. The van der Waals surface area contributed by atoms with Crippen LogP contribution >= 0.6 is 15.9 Å².